The van der Waals surface area contributed by atoms with Crippen molar-refractivity contribution < 1.29 is 9.47 Å². The molecule has 0 saturated carbocycles. The van der Waals surface area contributed by atoms with Gasteiger partial charge in [-0.05, 0) is 17.5 Å². The maximum absolute atomic E-state index is 5.97. The summed E-state index contributed by atoms with van der Waals surface area (Å²) in [6, 6.07) is 3.85. The molecule has 0 amide bonds. The van der Waals surface area contributed by atoms with Gasteiger partial charge in [-0.1, -0.05) is 19.9 Å². The molecule has 1 aromatic carbocycles. The molecule has 0 aliphatic rings. The Labute approximate surface area is 84.8 Å². The van der Waals surface area contributed by atoms with Crippen molar-refractivity contribution in [1.29, 1.82) is 0 Å². The lowest BCUT2D eigenvalue weighted by Gasteiger charge is -2.15. The smallest absolute Gasteiger partial charge is 0.184 e. The molecule has 0 bridgehead atoms. The van der Waals surface area contributed by atoms with E-state index in [9.17, 15) is 0 Å². The zero-order valence-corrected chi connectivity index (χ0v) is 9.13. The monoisotopic (exact) mass is 195 g/mol. The fraction of sp³-hybridized carbons (Fsp3) is 0.455. The van der Waals surface area contributed by atoms with E-state index in [0.29, 0.717) is 23.1 Å². The number of nitrogen functional groups attached to an aromatic ring is 1. The first-order chi connectivity index (χ1) is 6.61. The summed E-state index contributed by atoms with van der Waals surface area (Å²) in [4.78, 5) is 0. The van der Waals surface area contributed by atoms with Gasteiger partial charge in [0.2, 0.25) is 0 Å². The molecule has 0 aliphatic carbocycles. The molecule has 78 valence electrons. The van der Waals surface area contributed by atoms with Crippen LogP contribution >= 0.6 is 0 Å². The number of methoxy groups -OCH3 is 2. The Morgan fingerprint density at radius 1 is 1.14 bits per heavy atom. The molecule has 0 heterocycles. The van der Waals surface area contributed by atoms with Crippen LogP contribution in [0.15, 0.2) is 12.1 Å². The number of ether oxygens (including phenoxy) is 2. The molecular weight excluding hydrogens is 178 g/mol. The standard InChI is InChI=1S/C11H17NO2/c1-7(2)8-5-6-9(13-3)11(14-4)10(8)12/h5-7H,12H2,1-4H3. The van der Waals surface area contributed by atoms with E-state index in [1.807, 2.05) is 12.1 Å². The number of hydrogen-bond donors (Lipinski definition) is 1. The predicted molar refractivity (Wildman–Crippen MR) is 58.0 cm³/mol. The van der Waals surface area contributed by atoms with E-state index < -0.39 is 0 Å². The van der Waals surface area contributed by atoms with Gasteiger partial charge in [-0.25, -0.2) is 0 Å². The first kappa shape index (κ1) is 10.7. The van der Waals surface area contributed by atoms with E-state index in [0.717, 1.165) is 5.56 Å². The normalized spacial score (nSPS) is 10.4. The summed E-state index contributed by atoms with van der Waals surface area (Å²) in [6.45, 7) is 4.19. The Morgan fingerprint density at radius 2 is 1.79 bits per heavy atom. The molecular formula is C11H17NO2. The van der Waals surface area contributed by atoms with E-state index in [1.54, 1.807) is 14.2 Å². The molecule has 2 N–H and O–H groups in total. The average molecular weight is 195 g/mol. The van der Waals surface area contributed by atoms with Crippen LogP contribution in [0.2, 0.25) is 0 Å². The Morgan fingerprint density at radius 3 is 2.21 bits per heavy atom. The van der Waals surface area contributed by atoms with E-state index in [4.69, 9.17) is 15.2 Å². The molecule has 14 heavy (non-hydrogen) atoms. The zero-order valence-electron chi connectivity index (χ0n) is 9.13. The Bertz CT molecular complexity index is 321. The van der Waals surface area contributed by atoms with Crippen LogP contribution in [0.3, 0.4) is 0 Å². The fourth-order valence-electron chi connectivity index (χ4n) is 1.47. The van der Waals surface area contributed by atoms with Crippen LogP contribution in [-0.4, -0.2) is 14.2 Å². The van der Waals surface area contributed by atoms with Crippen molar-refractivity contribution in [3.05, 3.63) is 17.7 Å². The lowest BCUT2D eigenvalue weighted by molar-refractivity contribution is 0.356. The maximum atomic E-state index is 5.97. The average Bonchev–Trinajstić information content (AvgIpc) is 2.16. The minimum atomic E-state index is 0.384. The summed E-state index contributed by atoms with van der Waals surface area (Å²) in [5, 5.41) is 0. The molecule has 0 fully saturated rings. The van der Waals surface area contributed by atoms with Crippen LogP contribution in [-0.2, 0) is 0 Å². The molecule has 3 nitrogen and oxygen atoms in total. The number of nitrogens with two attached hydrogens (primary N) is 1. The van der Waals surface area contributed by atoms with Crippen molar-refractivity contribution in [3.8, 4) is 11.5 Å². The molecule has 1 rings (SSSR count). The van der Waals surface area contributed by atoms with Crippen LogP contribution in [0.25, 0.3) is 0 Å². The second-order valence-electron chi connectivity index (χ2n) is 3.46. The molecule has 0 radical (unpaired) electrons. The second kappa shape index (κ2) is 4.22. The van der Waals surface area contributed by atoms with Crippen LogP contribution < -0.4 is 15.2 Å². The molecule has 0 aromatic heterocycles. The topological polar surface area (TPSA) is 44.5 Å². The minimum Gasteiger partial charge on any atom is -0.493 e. The van der Waals surface area contributed by atoms with Gasteiger partial charge in [-0.15, -0.1) is 0 Å². The van der Waals surface area contributed by atoms with Crippen molar-refractivity contribution >= 4 is 5.69 Å². The van der Waals surface area contributed by atoms with Crippen molar-refractivity contribution in [2.45, 2.75) is 19.8 Å². The molecule has 0 unspecified atom stereocenters. The van der Waals surface area contributed by atoms with Crippen molar-refractivity contribution in [1.82, 2.24) is 0 Å². The summed E-state index contributed by atoms with van der Waals surface area (Å²) in [5.41, 5.74) is 7.72. The molecule has 1 aromatic rings. The van der Waals surface area contributed by atoms with Gasteiger partial charge in [-0.2, -0.15) is 0 Å². The SMILES string of the molecule is COc1ccc(C(C)C)c(N)c1OC. The molecule has 0 aliphatic heterocycles. The van der Waals surface area contributed by atoms with Gasteiger partial charge in [-0.3, -0.25) is 0 Å². The van der Waals surface area contributed by atoms with Gasteiger partial charge < -0.3 is 15.2 Å². The Hall–Kier alpha value is -1.38. The Balaban J connectivity index is 3.27. The van der Waals surface area contributed by atoms with Gasteiger partial charge in [0.25, 0.3) is 0 Å². The highest BCUT2D eigenvalue weighted by atomic mass is 16.5. The van der Waals surface area contributed by atoms with Gasteiger partial charge >= 0.3 is 0 Å². The number of hydrogen-bond acceptors (Lipinski definition) is 3. The molecule has 0 saturated heterocycles. The number of anilines is 1. The van der Waals surface area contributed by atoms with E-state index >= 15 is 0 Å². The van der Waals surface area contributed by atoms with Gasteiger partial charge in [0.15, 0.2) is 11.5 Å². The predicted octanol–water partition coefficient (Wildman–Crippen LogP) is 2.41. The van der Waals surface area contributed by atoms with Gasteiger partial charge in [0.05, 0.1) is 19.9 Å². The summed E-state index contributed by atoms with van der Waals surface area (Å²) >= 11 is 0. The summed E-state index contributed by atoms with van der Waals surface area (Å²) in [7, 11) is 3.20. The van der Waals surface area contributed by atoms with Crippen molar-refractivity contribution in [3.63, 3.8) is 0 Å². The zero-order chi connectivity index (χ0) is 10.7. The first-order valence-electron chi connectivity index (χ1n) is 4.62. The Kier molecular flexibility index (Phi) is 3.23. The summed E-state index contributed by atoms with van der Waals surface area (Å²) < 4.78 is 10.4. The third kappa shape index (κ3) is 1.76. The molecule has 0 spiro atoms. The van der Waals surface area contributed by atoms with Crippen molar-refractivity contribution in [2.75, 3.05) is 20.0 Å². The lowest BCUT2D eigenvalue weighted by atomic mass is 10.0. The number of rotatable bonds is 3. The summed E-state index contributed by atoms with van der Waals surface area (Å²) in [6.07, 6.45) is 0. The molecule has 0 atom stereocenters. The maximum Gasteiger partial charge on any atom is 0.184 e. The first-order valence-corrected chi connectivity index (χ1v) is 4.62. The largest absolute Gasteiger partial charge is 0.493 e. The highest BCUT2D eigenvalue weighted by Gasteiger charge is 2.13. The van der Waals surface area contributed by atoms with Crippen LogP contribution in [0.4, 0.5) is 5.69 Å². The van der Waals surface area contributed by atoms with Crippen LogP contribution in [0.5, 0.6) is 11.5 Å². The minimum absolute atomic E-state index is 0.384. The summed E-state index contributed by atoms with van der Waals surface area (Å²) in [5.74, 6) is 1.68. The highest BCUT2D eigenvalue weighted by Crippen LogP contribution is 2.38. The van der Waals surface area contributed by atoms with Gasteiger partial charge in [0.1, 0.15) is 0 Å². The second-order valence-corrected chi connectivity index (χ2v) is 3.46. The third-order valence-electron chi connectivity index (χ3n) is 2.24. The number of benzene rings is 1. The third-order valence-corrected chi connectivity index (χ3v) is 2.24. The van der Waals surface area contributed by atoms with E-state index in [2.05, 4.69) is 13.8 Å². The molecule has 3 heteroatoms. The fourth-order valence-corrected chi connectivity index (χ4v) is 1.47. The van der Waals surface area contributed by atoms with Gasteiger partial charge in [0, 0.05) is 0 Å². The highest BCUT2D eigenvalue weighted by molar-refractivity contribution is 5.65. The van der Waals surface area contributed by atoms with E-state index in [1.165, 1.54) is 0 Å². The van der Waals surface area contributed by atoms with E-state index in [-0.39, 0.29) is 0 Å². The lowest BCUT2D eigenvalue weighted by Crippen LogP contribution is -2.01. The van der Waals surface area contributed by atoms with Crippen LogP contribution in [0.1, 0.15) is 25.3 Å². The van der Waals surface area contributed by atoms with Crippen LogP contribution in [0, 0.1) is 0 Å². The quantitative estimate of drug-likeness (QED) is 0.753. The van der Waals surface area contributed by atoms with Crippen molar-refractivity contribution in [2.24, 2.45) is 0 Å².